The SMILES string of the molecule is CC1=C(Cc2ccccc2)COOc2ccccc21. The highest BCUT2D eigenvalue weighted by Crippen LogP contribution is 2.31. The van der Waals surface area contributed by atoms with Crippen molar-refractivity contribution in [2.45, 2.75) is 13.3 Å². The molecule has 0 atom stereocenters. The summed E-state index contributed by atoms with van der Waals surface area (Å²) in [6.45, 7) is 2.64. The lowest BCUT2D eigenvalue weighted by Crippen LogP contribution is -2.02. The molecular formula is C17H16O2. The number of benzene rings is 2. The van der Waals surface area contributed by atoms with Crippen LogP contribution in [-0.4, -0.2) is 6.61 Å². The molecule has 0 saturated carbocycles. The van der Waals surface area contributed by atoms with Crippen molar-refractivity contribution >= 4 is 5.57 Å². The lowest BCUT2D eigenvalue weighted by atomic mass is 9.96. The molecule has 2 aromatic carbocycles. The molecule has 96 valence electrons. The second-order valence-corrected chi connectivity index (χ2v) is 4.73. The molecule has 0 radical (unpaired) electrons. The fourth-order valence-electron chi connectivity index (χ4n) is 2.34. The van der Waals surface area contributed by atoms with Gasteiger partial charge in [-0.15, -0.1) is 0 Å². The molecule has 0 saturated heterocycles. The van der Waals surface area contributed by atoms with Gasteiger partial charge in [0.25, 0.3) is 0 Å². The Labute approximate surface area is 113 Å². The van der Waals surface area contributed by atoms with Crippen LogP contribution in [-0.2, 0) is 11.3 Å². The second kappa shape index (κ2) is 5.29. The van der Waals surface area contributed by atoms with E-state index in [-0.39, 0.29) is 0 Å². The highest BCUT2D eigenvalue weighted by Gasteiger charge is 2.15. The Bertz CT molecular complexity index is 600. The molecule has 0 fully saturated rings. The number of para-hydroxylation sites is 1. The number of fused-ring (bicyclic) bond motifs is 1. The van der Waals surface area contributed by atoms with Crippen molar-refractivity contribution in [3.63, 3.8) is 0 Å². The van der Waals surface area contributed by atoms with Crippen LogP contribution < -0.4 is 4.89 Å². The number of hydrogen-bond donors (Lipinski definition) is 0. The zero-order valence-electron chi connectivity index (χ0n) is 10.9. The molecule has 2 heteroatoms. The molecular weight excluding hydrogens is 236 g/mol. The van der Waals surface area contributed by atoms with Gasteiger partial charge >= 0.3 is 0 Å². The van der Waals surface area contributed by atoms with E-state index in [4.69, 9.17) is 9.78 Å². The number of hydrogen-bond acceptors (Lipinski definition) is 2. The van der Waals surface area contributed by atoms with Crippen molar-refractivity contribution < 1.29 is 9.78 Å². The lowest BCUT2D eigenvalue weighted by molar-refractivity contribution is -0.197. The molecule has 1 aliphatic heterocycles. The van der Waals surface area contributed by atoms with E-state index in [2.05, 4.69) is 37.3 Å². The first kappa shape index (κ1) is 12.0. The fourth-order valence-corrected chi connectivity index (χ4v) is 2.34. The summed E-state index contributed by atoms with van der Waals surface area (Å²) in [5.41, 5.74) is 4.92. The van der Waals surface area contributed by atoms with Crippen LogP contribution in [0.2, 0.25) is 0 Å². The van der Waals surface area contributed by atoms with E-state index in [9.17, 15) is 0 Å². The van der Waals surface area contributed by atoms with Gasteiger partial charge in [0, 0.05) is 5.56 Å². The maximum atomic E-state index is 5.35. The average Bonchev–Trinajstić information content (AvgIpc) is 2.61. The summed E-state index contributed by atoms with van der Waals surface area (Å²) in [6.07, 6.45) is 0.893. The monoisotopic (exact) mass is 252 g/mol. The zero-order chi connectivity index (χ0) is 13.1. The van der Waals surface area contributed by atoms with E-state index in [1.165, 1.54) is 16.7 Å². The van der Waals surface area contributed by atoms with Gasteiger partial charge in [0.05, 0.1) is 0 Å². The highest BCUT2D eigenvalue weighted by molar-refractivity contribution is 5.72. The van der Waals surface area contributed by atoms with E-state index >= 15 is 0 Å². The Morgan fingerprint density at radius 3 is 2.53 bits per heavy atom. The summed E-state index contributed by atoms with van der Waals surface area (Å²) in [6, 6.07) is 18.4. The molecule has 0 spiro atoms. The predicted octanol–water partition coefficient (Wildman–Crippen LogP) is 4.03. The fraction of sp³-hybridized carbons (Fsp3) is 0.176. The van der Waals surface area contributed by atoms with E-state index in [0.29, 0.717) is 6.61 Å². The Morgan fingerprint density at radius 2 is 1.68 bits per heavy atom. The van der Waals surface area contributed by atoms with Crippen LogP contribution in [0.15, 0.2) is 60.2 Å². The quantitative estimate of drug-likeness (QED) is 0.751. The third-order valence-electron chi connectivity index (χ3n) is 3.46. The standard InChI is InChI=1S/C17H16O2/c1-13-15(11-14-7-3-2-4-8-14)12-18-19-17-10-6-5-9-16(13)17/h2-10H,11-12H2,1H3. The Balaban J connectivity index is 1.97. The summed E-state index contributed by atoms with van der Waals surface area (Å²) in [5, 5.41) is 0. The van der Waals surface area contributed by atoms with E-state index < -0.39 is 0 Å². The molecule has 19 heavy (non-hydrogen) atoms. The lowest BCUT2D eigenvalue weighted by Gasteiger charge is -2.08. The minimum Gasteiger partial charge on any atom is -0.337 e. The molecule has 0 amide bonds. The van der Waals surface area contributed by atoms with Crippen LogP contribution in [0, 0.1) is 0 Å². The van der Waals surface area contributed by atoms with Crippen LogP contribution in [0.25, 0.3) is 5.57 Å². The van der Waals surface area contributed by atoms with Gasteiger partial charge in [0.15, 0.2) is 5.75 Å². The van der Waals surface area contributed by atoms with E-state index in [0.717, 1.165) is 17.7 Å². The molecule has 0 aromatic heterocycles. The minimum absolute atomic E-state index is 0.509. The van der Waals surface area contributed by atoms with Crippen molar-refractivity contribution in [2.24, 2.45) is 0 Å². The van der Waals surface area contributed by atoms with Crippen molar-refractivity contribution in [1.29, 1.82) is 0 Å². The summed E-state index contributed by atoms with van der Waals surface area (Å²) in [7, 11) is 0. The third kappa shape index (κ3) is 2.54. The summed E-state index contributed by atoms with van der Waals surface area (Å²) < 4.78 is 0. The van der Waals surface area contributed by atoms with Gasteiger partial charge in [0.1, 0.15) is 6.61 Å². The van der Waals surface area contributed by atoms with Gasteiger partial charge < -0.3 is 4.89 Å². The van der Waals surface area contributed by atoms with Gasteiger partial charge in [-0.05, 0) is 36.1 Å². The van der Waals surface area contributed by atoms with Crippen LogP contribution >= 0.6 is 0 Å². The molecule has 0 unspecified atom stereocenters. The molecule has 2 nitrogen and oxygen atoms in total. The summed E-state index contributed by atoms with van der Waals surface area (Å²) in [4.78, 5) is 10.7. The predicted molar refractivity (Wildman–Crippen MR) is 75.8 cm³/mol. The average molecular weight is 252 g/mol. The van der Waals surface area contributed by atoms with Crippen LogP contribution in [0.4, 0.5) is 0 Å². The largest absolute Gasteiger partial charge is 0.337 e. The number of allylic oxidation sites excluding steroid dienone is 1. The molecule has 0 N–H and O–H groups in total. The Hall–Kier alpha value is -2.06. The van der Waals surface area contributed by atoms with Gasteiger partial charge in [-0.1, -0.05) is 48.5 Å². The Morgan fingerprint density at radius 1 is 0.947 bits per heavy atom. The van der Waals surface area contributed by atoms with Gasteiger partial charge in [0.2, 0.25) is 0 Å². The van der Waals surface area contributed by atoms with Crippen molar-refractivity contribution in [3.8, 4) is 5.75 Å². The Kier molecular flexibility index (Phi) is 3.34. The molecule has 1 aliphatic rings. The van der Waals surface area contributed by atoms with Crippen LogP contribution in [0.3, 0.4) is 0 Å². The van der Waals surface area contributed by atoms with Crippen LogP contribution in [0.5, 0.6) is 5.75 Å². The smallest absolute Gasteiger partial charge is 0.172 e. The summed E-state index contributed by atoms with van der Waals surface area (Å²) >= 11 is 0. The maximum Gasteiger partial charge on any atom is 0.172 e. The molecule has 0 bridgehead atoms. The van der Waals surface area contributed by atoms with E-state index in [1.807, 2.05) is 24.3 Å². The second-order valence-electron chi connectivity index (χ2n) is 4.73. The zero-order valence-corrected chi connectivity index (χ0v) is 10.9. The summed E-state index contributed by atoms with van der Waals surface area (Å²) in [5.74, 6) is 0.795. The highest BCUT2D eigenvalue weighted by atomic mass is 17.2. The van der Waals surface area contributed by atoms with Crippen LogP contribution in [0.1, 0.15) is 18.1 Å². The maximum absolute atomic E-state index is 5.35. The first-order valence-corrected chi connectivity index (χ1v) is 6.46. The number of rotatable bonds is 2. The molecule has 0 aliphatic carbocycles. The minimum atomic E-state index is 0.509. The normalized spacial score (nSPS) is 14.6. The van der Waals surface area contributed by atoms with Crippen molar-refractivity contribution in [3.05, 3.63) is 71.3 Å². The van der Waals surface area contributed by atoms with Gasteiger partial charge in [-0.3, -0.25) is 0 Å². The first-order valence-electron chi connectivity index (χ1n) is 6.46. The molecule has 1 heterocycles. The molecule has 2 aromatic rings. The topological polar surface area (TPSA) is 18.5 Å². The van der Waals surface area contributed by atoms with Gasteiger partial charge in [-0.2, -0.15) is 4.89 Å². The third-order valence-corrected chi connectivity index (χ3v) is 3.46. The van der Waals surface area contributed by atoms with Crippen molar-refractivity contribution in [1.82, 2.24) is 0 Å². The first-order chi connectivity index (χ1) is 9.34. The van der Waals surface area contributed by atoms with Crippen molar-refractivity contribution in [2.75, 3.05) is 6.61 Å². The van der Waals surface area contributed by atoms with Gasteiger partial charge in [-0.25, -0.2) is 0 Å². The molecule has 3 rings (SSSR count). The van der Waals surface area contributed by atoms with E-state index in [1.54, 1.807) is 0 Å².